The summed E-state index contributed by atoms with van der Waals surface area (Å²) < 4.78 is 22.6. The van der Waals surface area contributed by atoms with Crippen LogP contribution in [0.25, 0.3) is 0 Å². The van der Waals surface area contributed by atoms with Crippen LogP contribution >= 0.6 is 0 Å². The Bertz CT molecular complexity index is 1800. The average Bonchev–Trinajstić information content (AvgIpc) is 3.81. The molecule has 0 saturated heterocycles. The Labute approximate surface area is 281 Å². The monoisotopic (exact) mass is 638 g/mol. The maximum Gasteiger partial charge on any atom is 0.127 e. The first kappa shape index (κ1) is 30.9. The molecular weight excluding hydrogens is 600 g/mol. The first-order chi connectivity index (χ1) is 23.6. The largest absolute Gasteiger partial charge is 0.497 e. The van der Waals surface area contributed by atoms with Crippen molar-refractivity contribution < 1.29 is 18.9 Å². The normalized spacial score (nSPS) is 17.2. The predicted molar refractivity (Wildman–Crippen MR) is 191 cm³/mol. The van der Waals surface area contributed by atoms with Crippen molar-refractivity contribution >= 4 is 22.8 Å². The number of hydrazone groups is 2. The molecule has 2 aliphatic heterocycles. The van der Waals surface area contributed by atoms with Gasteiger partial charge in [0.1, 0.15) is 23.0 Å². The quantitative estimate of drug-likeness (QED) is 0.153. The fraction of sp³-hybridized carbons (Fsp3) is 0.200. The van der Waals surface area contributed by atoms with Crippen LogP contribution in [0, 0.1) is 0 Å². The molecule has 0 aromatic heterocycles. The third-order valence-corrected chi connectivity index (χ3v) is 9.01. The maximum absolute atomic E-state index is 5.82. The van der Waals surface area contributed by atoms with Crippen molar-refractivity contribution in [1.29, 1.82) is 0 Å². The number of methoxy groups -OCH3 is 4. The SMILES string of the molecule is COc1ccc([C@H]2CC(c3ccc(C4=NN(c5ccccc5)[C@H](c5ccc(OC)cc5OC)C4)cc3)=NN2c2ccccc2)c(OC)c1. The molecule has 5 aromatic carbocycles. The van der Waals surface area contributed by atoms with Gasteiger partial charge in [-0.05, 0) is 59.7 Å². The molecule has 0 aliphatic carbocycles. The van der Waals surface area contributed by atoms with Crippen LogP contribution in [0.15, 0.2) is 132 Å². The number of hydrogen-bond acceptors (Lipinski definition) is 8. The summed E-state index contributed by atoms with van der Waals surface area (Å²) in [6.07, 6.45) is 1.44. The second-order valence-corrected chi connectivity index (χ2v) is 11.7. The fourth-order valence-corrected chi connectivity index (χ4v) is 6.53. The standard InChI is InChI=1S/C40H38N4O4/c1-45-31-19-21-33(39(23-31)47-3)37-25-35(41-43(37)29-11-7-5-8-12-29)27-15-17-28(18-16-27)36-26-38(44(42-36)30-13-9-6-10-14-30)34-22-20-32(46-2)24-40(34)48-4/h5-24,37-38H,25-26H2,1-4H3/t37-,38+. The topological polar surface area (TPSA) is 68.1 Å². The third kappa shape index (κ3) is 5.93. The molecule has 0 bridgehead atoms. The van der Waals surface area contributed by atoms with Crippen LogP contribution in [0.2, 0.25) is 0 Å². The molecule has 0 fully saturated rings. The second kappa shape index (κ2) is 13.5. The molecule has 2 aliphatic rings. The van der Waals surface area contributed by atoms with Gasteiger partial charge in [-0.1, -0.05) is 60.7 Å². The molecule has 0 N–H and O–H groups in total. The first-order valence-electron chi connectivity index (χ1n) is 16.0. The van der Waals surface area contributed by atoms with Gasteiger partial charge in [0.05, 0.1) is 63.3 Å². The van der Waals surface area contributed by atoms with Crippen LogP contribution in [-0.4, -0.2) is 39.9 Å². The van der Waals surface area contributed by atoms with E-state index in [1.54, 1.807) is 28.4 Å². The smallest absolute Gasteiger partial charge is 0.127 e. The van der Waals surface area contributed by atoms with Crippen LogP contribution in [0.5, 0.6) is 23.0 Å². The summed E-state index contributed by atoms with van der Waals surface area (Å²) >= 11 is 0. The molecule has 0 unspecified atom stereocenters. The molecule has 8 heteroatoms. The van der Waals surface area contributed by atoms with Gasteiger partial charge in [0.25, 0.3) is 0 Å². The third-order valence-electron chi connectivity index (χ3n) is 9.01. The van der Waals surface area contributed by atoms with Gasteiger partial charge in [-0.2, -0.15) is 10.2 Å². The summed E-state index contributed by atoms with van der Waals surface area (Å²) in [5.74, 6) is 3.06. The Morgan fingerprint density at radius 2 is 0.875 bits per heavy atom. The van der Waals surface area contributed by atoms with Crippen molar-refractivity contribution in [3.8, 4) is 23.0 Å². The lowest BCUT2D eigenvalue weighted by molar-refractivity contribution is 0.388. The first-order valence-corrected chi connectivity index (χ1v) is 16.0. The molecule has 7 rings (SSSR count). The summed E-state index contributed by atoms with van der Waals surface area (Å²) in [6.45, 7) is 0. The molecule has 2 atom stereocenters. The number of ether oxygens (including phenoxy) is 4. The van der Waals surface area contributed by atoms with E-state index in [2.05, 4.69) is 70.7 Å². The zero-order valence-corrected chi connectivity index (χ0v) is 27.5. The van der Waals surface area contributed by atoms with Crippen LogP contribution < -0.4 is 29.0 Å². The minimum absolute atomic E-state index is 0.0400. The van der Waals surface area contributed by atoms with Crippen molar-refractivity contribution in [1.82, 2.24) is 0 Å². The minimum atomic E-state index is -0.0400. The van der Waals surface area contributed by atoms with Crippen molar-refractivity contribution in [2.75, 3.05) is 38.5 Å². The Balaban J connectivity index is 1.20. The summed E-state index contributed by atoms with van der Waals surface area (Å²) in [7, 11) is 6.72. The number of benzene rings is 5. The molecule has 0 spiro atoms. The number of nitrogens with zero attached hydrogens (tertiary/aromatic N) is 4. The van der Waals surface area contributed by atoms with Crippen molar-refractivity contribution in [3.05, 3.63) is 144 Å². The summed E-state index contributed by atoms with van der Waals surface area (Å²) in [6, 6.07) is 41.0. The van der Waals surface area contributed by atoms with E-state index in [0.717, 1.165) is 80.9 Å². The highest BCUT2D eigenvalue weighted by atomic mass is 16.5. The predicted octanol–water partition coefficient (Wildman–Crippen LogP) is 8.43. The number of rotatable bonds is 10. The molecule has 8 nitrogen and oxygen atoms in total. The van der Waals surface area contributed by atoms with Gasteiger partial charge in [0.2, 0.25) is 0 Å². The van der Waals surface area contributed by atoms with Crippen LogP contribution in [0.4, 0.5) is 11.4 Å². The van der Waals surface area contributed by atoms with Gasteiger partial charge in [-0.3, -0.25) is 10.0 Å². The average molecular weight is 639 g/mol. The fourth-order valence-electron chi connectivity index (χ4n) is 6.53. The molecule has 0 saturated carbocycles. The molecular formula is C40H38N4O4. The highest BCUT2D eigenvalue weighted by molar-refractivity contribution is 6.06. The van der Waals surface area contributed by atoms with E-state index in [1.807, 2.05) is 60.7 Å². The van der Waals surface area contributed by atoms with Gasteiger partial charge in [0, 0.05) is 36.1 Å². The molecule has 2 heterocycles. The van der Waals surface area contributed by atoms with E-state index < -0.39 is 0 Å². The van der Waals surface area contributed by atoms with E-state index in [1.165, 1.54) is 0 Å². The Kier molecular flexibility index (Phi) is 8.71. The molecule has 242 valence electrons. The molecule has 0 amide bonds. The zero-order chi connectivity index (χ0) is 33.0. The lowest BCUT2D eigenvalue weighted by Crippen LogP contribution is -2.19. The van der Waals surface area contributed by atoms with Crippen molar-refractivity contribution in [3.63, 3.8) is 0 Å². The number of para-hydroxylation sites is 2. The molecule has 48 heavy (non-hydrogen) atoms. The lowest BCUT2D eigenvalue weighted by atomic mass is 9.94. The Hall–Kier alpha value is -5.76. The summed E-state index contributed by atoms with van der Waals surface area (Å²) in [4.78, 5) is 0. The zero-order valence-electron chi connectivity index (χ0n) is 27.5. The summed E-state index contributed by atoms with van der Waals surface area (Å²) in [5.41, 5.74) is 8.31. The van der Waals surface area contributed by atoms with E-state index in [-0.39, 0.29) is 12.1 Å². The van der Waals surface area contributed by atoms with Crippen molar-refractivity contribution in [2.24, 2.45) is 10.2 Å². The van der Waals surface area contributed by atoms with E-state index in [9.17, 15) is 0 Å². The van der Waals surface area contributed by atoms with E-state index in [0.29, 0.717) is 0 Å². The summed E-state index contributed by atoms with van der Waals surface area (Å²) in [5, 5.41) is 14.5. The van der Waals surface area contributed by atoms with Gasteiger partial charge < -0.3 is 18.9 Å². The molecule has 0 radical (unpaired) electrons. The molecule has 5 aromatic rings. The van der Waals surface area contributed by atoms with E-state index >= 15 is 0 Å². The highest BCUT2D eigenvalue weighted by Crippen LogP contribution is 2.43. The second-order valence-electron chi connectivity index (χ2n) is 11.7. The van der Waals surface area contributed by atoms with Gasteiger partial charge in [0.15, 0.2) is 0 Å². The number of anilines is 2. The van der Waals surface area contributed by atoms with Gasteiger partial charge in [-0.15, -0.1) is 0 Å². The minimum Gasteiger partial charge on any atom is -0.497 e. The Morgan fingerprint density at radius 3 is 1.23 bits per heavy atom. The number of hydrogen-bond donors (Lipinski definition) is 0. The van der Waals surface area contributed by atoms with E-state index in [4.69, 9.17) is 29.2 Å². The van der Waals surface area contributed by atoms with Gasteiger partial charge in [-0.25, -0.2) is 0 Å². The maximum atomic E-state index is 5.82. The highest BCUT2D eigenvalue weighted by Gasteiger charge is 2.34. The van der Waals surface area contributed by atoms with Crippen LogP contribution in [0.1, 0.15) is 47.2 Å². The van der Waals surface area contributed by atoms with Gasteiger partial charge >= 0.3 is 0 Å². The Morgan fingerprint density at radius 1 is 0.479 bits per heavy atom. The van der Waals surface area contributed by atoms with Crippen LogP contribution in [0.3, 0.4) is 0 Å². The lowest BCUT2D eigenvalue weighted by Gasteiger charge is -2.25. The van der Waals surface area contributed by atoms with Crippen molar-refractivity contribution in [2.45, 2.75) is 24.9 Å². The van der Waals surface area contributed by atoms with Crippen LogP contribution in [-0.2, 0) is 0 Å².